The summed E-state index contributed by atoms with van der Waals surface area (Å²) in [6, 6.07) is 0.455. The lowest BCUT2D eigenvalue weighted by atomic mass is 10.0. The Hall–Kier alpha value is -1.10. The Balaban J connectivity index is 2.22. The Kier molecular flexibility index (Phi) is 8.35. The number of rotatable bonds is 8. The molecule has 0 aliphatic rings. The van der Waals surface area contributed by atoms with Crippen molar-refractivity contribution in [3.05, 3.63) is 16.1 Å². The molecule has 0 amide bonds. The molecule has 2 N–H and O–H groups in total. The van der Waals surface area contributed by atoms with Gasteiger partial charge in [0, 0.05) is 31.4 Å². The molecule has 21 heavy (non-hydrogen) atoms. The number of hydrogen-bond donors (Lipinski definition) is 2. The summed E-state index contributed by atoms with van der Waals surface area (Å²) in [5.74, 6) is 1.68. The van der Waals surface area contributed by atoms with Crippen molar-refractivity contribution in [1.82, 2.24) is 15.6 Å². The molecule has 0 spiro atoms. The highest BCUT2D eigenvalue weighted by Crippen LogP contribution is 2.09. The molecular formula is C16H30N4S. The Morgan fingerprint density at radius 1 is 1.33 bits per heavy atom. The van der Waals surface area contributed by atoms with Crippen LogP contribution in [-0.4, -0.2) is 30.6 Å². The highest BCUT2D eigenvalue weighted by atomic mass is 32.1. The smallest absolute Gasteiger partial charge is 0.191 e. The van der Waals surface area contributed by atoms with Gasteiger partial charge in [0.15, 0.2) is 5.96 Å². The van der Waals surface area contributed by atoms with Gasteiger partial charge < -0.3 is 10.6 Å². The van der Waals surface area contributed by atoms with Crippen molar-refractivity contribution in [2.75, 3.05) is 13.6 Å². The number of aryl methyl sites for hydroxylation is 1. The summed E-state index contributed by atoms with van der Waals surface area (Å²) in [5.41, 5.74) is 1.16. The standard InChI is InChI=1S/C16H30N4S/c1-12(2)7-6-8-13(3)19-16(17-5)18-10-9-15-11-21-14(4)20-15/h11-13H,6-10H2,1-5H3,(H2,17,18,19). The van der Waals surface area contributed by atoms with Crippen LogP contribution >= 0.6 is 11.3 Å². The number of guanidine groups is 1. The summed E-state index contributed by atoms with van der Waals surface area (Å²) in [6.07, 6.45) is 4.68. The highest BCUT2D eigenvalue weighted by Gasteiger charge is 2.06. The molecule has 1 aromatic heterocycles. The van der Waals surface area contributed by atoms with E-state index in [1.54, 1.807) is 11.3 Å². The average molecular weight is 311 g/mol. The van der Waals surface area contributed by atoms with Crippen LogP contribution < -0.4 is 10.6 Å². The molecule has 1 rings (SSSR count). The third-order valence-corrected chi connectivity index (χ3v) is 4.19. The maximum Gasteiger partial charge on any atom is 0.191 e. The number of nitrogens with one attached hydrogen (secondary N) is 2. The van der Waals surface area contributed by atoms with Crippen LogP contribution in [0.3, 0.4) is 0 Å². The number of nitrogens with zero attached hydrogens (tertiary/aromatic N) is 2. The molecule has 0 saturated carbocycles. The molecule has 1 aromatic rings. The van der Waals surface area contributed by atoms with Gasteiger partial charge in [-0.25, -0.2) is 4.98 Å². The van der Waals surface area contributed by atoms with Crippen LogP contribution in [0.15, 0.2) is 10.4 Å². The first-order valence-corrected chi connectivity index (χ1v) is 8.77. The van der Waals surface area contributed by atoms with Gasteiger partial charge in [-0.3, -0.25) is 4.99 Å². The van der Waals surface area contributed by atoms with Gasteiger partial charge in [-0.15, -0.1) is 11.3 Å². The van der Waals surface area contributed by atoms with E-state index in [9.17, 15) is 0 Å². The molecule has 0 bridgehead atoms. The molecule has 1 unspecified atom stereocenters. The first-order chi connectivity index (χ1) is 10.0. The molecule has 0 fully saturated rings. The van der Waals surface area contributed by atoms with E-state index in [4.69, 9.17) is 0 Å². The van der Waals surface area contributed by atoms with E-state index in [0.717, 1.165) is 35.5 Å². The Bertz CT molecular complexity index is 426. The predicted molar refractivity (Wildman–Crippen MR) is 93.2 cm³/mol. The monoisotopic (exact) mass is 310 g/mol. The first-order valence-electron chi connectivity index (χ1n) is 7.89. The second kappa shape index (κ2) is 9.77. The van der Waals surface area contributed by atoms with Gasteiger partial charge in [0.25, 0.3) is 0 Å². The maximum atomic E-state index is 4.47. The van der Waals surface area contributed by atoms with Crippen molar-refractivity contribution in [3.63, 3.8) is 0 Å². The van der Waals surface area contributed by atoms with Gasteiger partial charge in [0.2, 0.25) is 0 Å². The highest BCUT2D eigenvalue weighted by molar-refractivity contribution is 7.09. The number of aliphatic imine (C=N–C) groups is 1. The molecule has 0 radical (unpaired) electrons. The van der Waals surface area contributed by atoms with E-state index < -0.39 is 0 Å². The summed E-state index contributed by atoms with van der Waals surface area (Å²) >= 11 is 1.71. The molecule has 1 atom stereocenters. The van der Waals surface area contributed by atoms with Crippen molar-refractivity contribution >= 4 is 17.3 Å². The molecule has 0 aromatic carbocycles. The van der Waals surface area contributed by atoms with Gasteiger partial charge in [-0.2, -0.15) is 0 Å². The molecular weight excluding hydrogens is 280 g/mol. The normalized spacial score (nSPS) is 13.5. The van der Waals surface area contributed by atoms with Gasteiger partial charge in [0.1, 0.15) is 0 Å². The van der Waals surface area contributed by atoms with E-state index >= 15 is 0 Å². The minimum absolute atomic E-state index is 0.455. The summed E-state index contributed by atoms with van der Waals surface area (Å²) in [4.78, 5) is 8.75. The minimum Gasteiger partial charge on any atom is -0.356 e. The first kappa shape index (κ1) is 18.0. The number of thiazole rings is 1. The van der Waals surface area contributed by atoms with Crippen molar-refractivity contribution in [2.45, 2.75) is 59.4 Å². The van der Waals surface area contributed by atoms with E-state index in [0.29, 0.717) is 6.04 Å². The van der Waals surface area contributed by atoms with Crippen LogP contribution in [0, 0.1) is 12.8 Å². The second-order valence-electron chi connectivity index (χ2n) is 5.98. The van der Waals surface area contributed by atoms with Crippen LogP contribution in [0.1, 0.15) is 50.7 Å². The van der Waals surface area contributed by atoms with Crippen LogP contribution in [-0.2, 0) is 6.42 Å². The molecule has 0 aliphatic heterocycles. The Morgan fingerprint density at radius 3 is 2.67 bits per heavy atom. The minimum atomic E-state index is 0.455. The fourth-order valence-electron chi connectivity index (χ4n) is 2.16. The topological polar surface area (TPSA) is 49.3 Å². The summed E-state index contributed by atoms with van der Waals surface area (Å²) in [5, 5.41) is 10.1. The molecule has 4 nitrogen and oxygen atoms in total. The molecule has 1 heterocycles. The van der Waals surface area contributed by atoms with E-state index in [1.165, 1.54) is 19.3 Å². The SMILES string of the molecule is CN=C(NCCc1csc(C)n1)NC(C)CCCC(C)C. The lowest BCUT2D eigenvalue weighted by Crippen LogP contribution is -2.42. The fourth-order valence-corrected chi connectivity index (χ4v) is 2.81. The third kappa shape index (κ3) is 8.05. The van der Waals surface area contributed by atoms with Crippen molar-refractivity contribution in [1.29, 1.82) is 0 Å². The molecule has 0 saturated heterocycles. The molecule has 120 valence electrons. The zero-order valence-corrected chi connectivity index (χ0v) is 14.9. The lowest BCUT2D eigenvalue weighted by molar-refractivity contribution is 0.491. The Labute approximate surface area is 133 Å². The zero-order valence-electron chi connectivity index (χ0n) is 14.1. The van der Waals surface area contributed by atoms with Gasteiger partial charge in [-0.05, 0) is 26.2 Å². The number of aromatic nitrogens is 1. The number of hydrogen-bond acceptors (Lipinski definition) is 3. The van der Waals surface area contributed by atoms with Crippen LogP contribution in [0.5, 0.6) is 0 Å². The van der Waals surface area contributed by atoms with Crippen molar-refractivity contribution in [3.8, 4) is 0 Å². The van der Waals surface area contributed by atoms with E-state index in [2.05, 4.69) is 46.8 Å². The van der Waals surface area contributed by atoms with Gasteiger partial charge in [-0.1, -0.05) is 26.7 Å². The van der Waals surface area contributed by atoms with Crippen molar-refractivity contribution < 1.29 is 0 Å². The summed E-state index contributed by atoms with van der Waals surface area (Å²) in [7, 11) is 1.82. The zero-order chi connectivity index (χ0) is 15.7. The van der Waals surface area contributed by atoms with E-state index in [-0.39, 0.29) is 0 Å². The molecule has 0 aliphatic carbocycles. The maximum absolute atomic E-state index is 4.47. The van der Waals surface area contributed by atoms with Gasteiger partial charge in [0.05, 0.1) is 10.7 Å². The quantitative estimate of drug-likeness (QED) is 0.572. The molecule has 5 heteroatoms. The van der Waals surface area contributed by atoms with E-state index in [1.807, 2.05) is 14.0 Å². The lowest BCUT2D eigenvalue weighted by Gasteiger charge is -2.18. The summed E-state index contributed by atoms with van der Waals surface area (Å²) in [6.45, 7) is 9.68. The largest absolute Gasteiger partial charge is 0.356 e. The third-order valence-electron chi connectivity index (χ3n) is 3.37. The van der Waals surface area contributed by atoms with Crippen LogP contribution in [0.4, 0.5) is 0 Å². The average Bonchev–Trinajstić information content (AvgIpc) is 2.83. The van der Waals surface area contributed by atoms with Crippen molar-refractivity contribution in [2.24, 2.45) is 10.9 Å². The van der Waals surface area contributed by atoms with Gasteiger partial charge >= 0.3 is 0 Å². The predicted octanol–water partition coefficient (Wildman–Crippen LogP) is 3.37. The second-order valence-corrected chi connectivity index (χ2v) is 7.04. The fraction of sp³-hybridized carbons (Fsp3) is 0.750. The Morgan fingerprint density at radius 2 is 2.10 bits per heavy atom. The van der Waals surface area contributed by atoms with Crippen LogP contribution in [0.25, 0.3) is 0 Å². The van der Waals surface area contributed by atoms with Crippen LogP contribution in [0.2, 0.25) is 0 Å². The summed E-state index contributed by atoms with van der Waals surface area (Å²) < 4.78 is 0.